The number of aromatic amines is 1. The van der Waals surface area contributed by atoms with E-state index in [1.54, 1.807) is 30.3 Å². The summed E-state index contributed by atoms with van der Waals surface area (Å²) in [6.07, 6.45) is 8.03. The molecular formula is C31H36N4O6S. The molecule has 0 radical (unpaired) electrons. The van der Waals surface area contributed by atoms with E-state index in [-0.39, 0.29) is 29.2 Å². The first-order valence-electron chi connectivity index (χ1n) is 13.9. The van der Waals surface area contributed by atoms with E-state index in [2.05, 4.69) is 18.0 Å². The lowest BCUT2D eigenvalue weighted by atomic mass is 9.82. The number of H-pyrrole nitrogens is 1. The number of aliphatic hydroxyl groups excluding tert-OH is 1. The van der Waals surface area contributed by atoms with Crippen LogP contribution in [0.25, 0.3) is 10.9 Å². The number of fused-ring (bicyclic) bond motifs is 1. The molecule has 11 heteroatoms. The average molecular weight is 593 g/mol. The molecule has 0 saturated carbocycles. The zero-order chi connectivity index (χ0) is 30.0. The number of aromatic hydroxyl groups is 1. The number of carbonyl (C=O) groups excluding carboxylic acids is 1. The fraction of sp³-hybridized carbons (Fsp3) is 0.355. The Hall–Kier alpha value is -3.77. The monoisotopic (exact) mass is 592 g/mol. The number of aryl methyl sites for hydroxylation is 1. The lowest BCUT2D eigenvalue weighted by molar-refractivity contribution is 0.0600. The number of β-amino-alcohol motifs (C(OH)–C–C–N with tert-alkyl or cyclic N) is 1. The zero-order valence-corrected chi connectivity index (χ0v) is 24.8. The van der Waals surface area contributed by atoms with Crippen LogP contribution < -0.4 is 0 Å². The molecule has 1 aliphatic carbocycles. The van der Waals surface area contributed by atoms with Crippen molar-refractivity contribution in [2.24, 2.45) is 16.8 Å². The van der Waals surface area contributed by atoms with Crippen molar-refractivity contribution in [1.29, 1.82) is 0 Å². The van der Waals surface area contributed by atoms with Gasteiger partial charge in [0.25, 0.3) is 0 Å². The van der Waals surface area contributed by atoms with Gasteiger partial charge in [0.15, 0.2) is 5.88 Å². The van der Waals surface area contributed by atoms with Crippen LogP contribution in [0, 0.1) is 18.8 Å². The molecular weight excluding hydrogens is 556 g/mol. The van der Waals surface area contributed by atoms with Gasteiger partial charge in [-0.15, -0.1) is 0 Å². The molecule has 0 spiro atoms. The summed E-state index contributed by atoms with van der Waals surface area (Å²) >= 11 is 0. The topological polar surface area (TPSA) is 136 Å². The average Bonchev–Trinajstić information content (AvgIpc) is 3.30. The Bertz CT molecular complexity index is 1670. The van der Waals surface area contributed by atoms with Crippen LogP contribution in [-0.2, 0) is 14.8 Å². The summed E-state index contributed by atoms with van der Waals surface area (Å²) in [4.78, 5) is 22.5. The summed E-state index contributed by atoms with van der Waals surface area (Å²) in [5.41, 5.74) is 3.37. The van der Waals surface area contributed by atoms with Crippen molar-refractivity contribution >= 4 is 38.3 Å². The highest BCUT2D eigenvalue weighted by molar-refractivity contribution is 7.89. The molecule has 1 aliphatic heterocycles. The number of ether oxygens (including phenoxy) is 1. The Morgan fingerprint density at radius 3 is 2.43 bits per heavy atom. The molecule has 3 aromatic rings. The molecule has 1 saturated heterocycles. The van der Waals surface area contributed by atoms with Gasteiger partial charge in [-0.3, -0.25) is 9.89 Å². The first-order valence-corrected chi connectivity index (χ1v) is 15.4. The van der Waals surface area contributed by atoms with Crippen LogP contribution in [0.3, 0.4) is 0 Å². The number of allylic oxidation sites excluding steroid dienone is 4. The fourth-order valence-corrected chi connectivity index (χ4v) is 7.02. The first-order chi connectivity index (χ1) is 20.1. The molecule has 1 aromatic heterocycles. The van der Waals surface area contributed by atoms with E-state index < -0.39 is 16.0 Å². The molecule has 1 fully saturated rings. The number of rotatable bonds is 8. The molecule has 2 aromatic carbocycles. The summed E-state index contributed by atoms with van der Waals surface area (Å²) in [7, 11) is -2.35. The number of aliphatic imine (C=N–C) groups is 1. The second-order valence-electron chi connectivity index (χ2n) is 10.7. The Kier molecular flexibility index (Phi) is 8.65. The first kappa shape index (κ1) is 29.7. The quantitative estimate of drug-likeness (QED) is 0.268. The minimum Gasteiger partial charge on any atom is -0.494 e. The Labute approximate surface area is 245 Å². The van der Waals surface area contributed by atoms with Crippen molar-refractivity contribution in [3.05, 3.63) is 77.4 Å². The highest BCUT2D eigenvalue weighted by Crippen LogP contribution is 2.36. The van der Waals surface area contributed by atoms with Crippen LogP contribution >= 0.6 is 0 Å². The number of sulfonamides is 1. The summed E-state index contributed by atoms with van der Waals surface area (Å²) in [5, 5.41) is 21.0. The summed E-state index contributed by atoms with van der Waals surface area (Å²) in [6.45, 7) is 6.34. The minimum absolute atomic E-state index is 0.0485. The number of nitrogens with zero attached hydrogens (tertiary/aromatic N) is 3. The van der Waals surface area contributed by atoms with Crippen LogP contribution in [0.1, 0.15) is 28.4 Å². The third kappa shape index (κ3) is 5.78. The van der Waals surface area contributed by atoms with Crippen molar-refractivity contribution in [3.8, 4) is 5.88 Å². The third-order valence-electron chi connectivity index (χ3n) is 7.98. The number of hydrogen-bond acceptors (Lipinski definition) is 8. The molecule has 2 aliphatic rings. The number of aliphatic hydroxyl groups is 1. The van der Waals surface area contributed by atoms with Gasteiger partial charge in [0.05, 0.1) is 41.1 Å². The Morgan fingerprint density at radius 2 is 1.79 bits per heavy atom. The van der Waals surface area contributed by atoms with Crippen molar-refractivity contribution in [2.45, 2.75) is 18.7 Å². The van der Waals surface area contributed by atoms with Crippen molar-refractivity contribution in [2.75, 3.05) is 46.4 Å². The van der Waals surface area contributed by atoms with Gasteiger partial charge in [0.2, 0.25) is 10.0 Å². The molecule has 42 heavy (non-hydrogen) atoms. The number of hydrogen-bond donors (Lipinski definition) is 3. The van der Waals surface area contributed by atoms with Crippen LogP contribution in [0.5, 0.6) is 5.88 Å². The van der Waals surface area contributed by atoms with Crippen molar-refractivity contribution in [3.63, 3.8) is 0 Å². The lowest BCUT2D eigenvalue weighted by Crippen LogP contribution is -2.49. The summed E-state index contributed by atoms with van der Waals surface area (Å²) < 4.78 is 33.0. The Balaban J connectivity index is 1.52. The maximum Gasteiger partial charge on any atom is 0.338 e. The maximum absolute atomic E-state index is 13.3. The zero-order valence-electron chi connectivity index (χ0n) is 23.9. The van der Waals surface area contributed by atoms with E-state index in [0.29, 0.717) is 71.7 Å². The number of aromatic nitrogens is 1. The van der Waals surface area contributed by atoms with E-state index in [0.717, 1.165) is 0 Å². The molecule has 2 heterocycles. The minimum atomic E-state index is -3.68. The van der Waals surface area contributed by atoms with Crippen LogP contribution in [0.4, 0.5) is 5.69 Å². The van der Waals surface area contributed by atoms with Gasteiger partial charge in [-0.25, -0.2) is 13.2 Å². The van der Waals surface area contributed by atoms with E-state index in [1.165, 1.54) is 11.4 Å². The Morgan fingerprint density at radius 1 is 1.10 bits per heavy atom. The van der Waals surface area contributed by atoms with E-state index in [1.807, 2.05) is 36.1 Å². The predicted molar refractivity (Wildman–Crippen MR) is 162 cm³/mol. The second kappa shape index (κ2) is 12.2. The van der Waals surface area contributed by atoms with Gasteiger partial charge < -0.3 is 19.9 Å². The molecule has 0 amide bonds. The normalized spacial score (nSPS) is 20.3. The van der Waals surface area contributed by atoms with Gasteiger partial charge >= 0.3 is 5.97 Å². The number of nitrogens with one attached hydrogen (secondary N) is 1. The summed E-state index contributed by atoms with van der Waals surface area (Å²) in [5.74, 6) is -0.619. The number of esters is 1. The third-order valence-corrected chi connectivity index (χ3v) is 9.90. The number of methoxy groups -OCH3 is 1. The van der Waals surface area contributed by atoms with Gasteiger partial charge in [-0.2, -0.15) is 4.31 Å². The van der Waals surface area contributed by atoms with Crippen LogP contribution in [0.15, 0.2) is 70.6 Å². The lowest BCUT2D eigenvalue weighted by Gasteiger charge is -2.33. The largest absolute Gasteiger partial charge is 0.494 e. The van der Waals surface area contributed by atoms with Gasteiger partial charge in [-0.1, -0.05) is 31.2 Å². The molecule has 0 bridgehead atoms. The SMILES string of the molecule is COC(=O)c1cc2[nH]c(O)c(C(=Nc3ccc(S(=O)(=O)N4CCN(CCO)CC4)cc3)C3C=CC=CC3C)c2cc1C. The summed E-state index contributed by atoms with van der Waals surface area (Å²) in [6, 6.07) is 9.98. The van der Waals surface area contributed by atoms with Gasteiger partial charge in [0.1, 0.15) is 0 Å². The van der Waals surface area contributed by atoms with Crippen molar-refractivity contribution < 1.29 is 28.2 Å². The highest BCUT2D eigenvalue weighted by Gasteiger charge is 2.30. The van der Waals surface area contributed by atoms with Crippen LogP contribution in [0.2, 0.25) is 0 Å². The molecule has 2 unspecified atom stereocenters. The predicted octanol–water partition coefficient (Wildman–Crippen LogP) is 3.77. The van der Waals surface area contributed by atoms with Gasteiger partial charge in [0, 0.05) is 49.5 Å². The molecule has 10 nitrogen and oxygen atoms in total. The fourth-order valence-electron chi connectivity index (χ4n) is 5.60. The smallest absolute Gasteiger partial charge is 0.338 e. The second-order valence-corrected chi connectivity index (χ2v) is 12.6. The molecule has 2 atom stereocenters. The molecule has 5 rings (SSSR count). The number of piperazine rings is 1. The highest BCUT2D eigenvalue weighted by atomic mass is 32.2. The number of benzene rings is 2. The van der Waals surface area contributed by atoms with Gasteiger partial charge in [-0.05, 0) is 54.8 Å². The van der Waals surface area contributed by atoms with E-state index >= 15 is 0 Å². The standard InChI is InChI=1S/C31H36N4O6S/c1-20-6-4-5-7-24(20)29(28-26-18-21(2)25(31(38)41-3)19-27(26)33-30(28)37)32-22-8-10-23(11-9-22)42(39,40)35-14-12-34(13-15-35)16-17-36/h4-11,18-20,24,33,36-37H,12-17H2,1-3H3. The van der Waals surface area contributed by atoms with Crippen molar-refractivity contribution in [1.82, 2.24) is 14.2 Å². The van der Waals surface area contributed by atoms with Crippen LogP contribution in [-0.4, -0.2) is 90.9 Å². The van der Waals surface area contributed by atoms with E-state index in [9.17, 15) is 18.3 Å². The maximum atomic E-state index is 13.3. The molecule has 3 N–H and O–H groups in total. The van der Waals surface area contributed by atoms with E-state index in [4.69, 9.17) is 14.8 Å². The number of carbonyl (C=O) groups is 1. The molecule has 222 valence electrons.